The number of alkyl halides is 3. The summed E-state index contributed by atoms with van der Waals surface area (Å²) in [6.45, 7) is 1.56. The number of benzene rings is 1. The van der Waals surface area contributed by atoms with E-state index in [2.05, 4.69) is 15.4 Å². The van der Waals surface area contributed by atoms with Crippen LogP contribution in [0, 0.1) is 0 Å². The first kappa shape index (κ1) is 16.3. The first-order valence-electron chi connectivity index (χ1n) is 6.21. The summed E-state index contributed by atoms with van der Waals surface area (Å²) in [5.74, 6) is -0.479. The zero-order valence-corrected chi connectivity index (χ0v) is 12.2. The predicted molar refractivity (Wildman–Crippen MR) is 72.9 cm³/mol. The molecule has 0 aliphatic rings. The van der Waals surface area contributed by atoms with Gasteiger partial charge < -0.3 is 4.74 Å². The first-order valence-corrected chi connectivity index (χ1v) is 7.09. The van der Waals surface area contributed by atoms with Crippen molar-refractivity contribution in [1.82, 2.24) is 15.4 Å². The van der Waals surface area contributed by atoms with Crippen LogP contribution in [0.3, 0.4) is 0 Å². The molecule has 9 heteroatoms. The summed E-state index contributed by atoms with van der Waals surface area (Å²) in [6, 6.07) is 4.48. The molecule has 0 spiro atoms. The number of thioether (sulfide) groups is 1. The number of rotatable bonds is 5. The highest BCUT2D eigenvalue weighted by atomic mass is 32.2. The van der Waals surface area contributed by atoms with Crippen molar-refractivity contribution >= 4 is 17.7 Å². The monoisotopic (exact) mass is 331 g/mol. The summed E-state index contributed by atoms with van der Waals surface area (Å²) in [7, 11) is 0. The molecule has 1 heterocycles. The standard InChI is InChI=1S/C13H12F3N3O2S/c1-8(22-11-6-17-19-18-11)12(20)21-7-9-2-4-10(5-3-9)13(14,15)16/h2-6,8H,7H2,1H3,(H,17,18,19). The lowest BCUT2D eigenvalue weighted by atomic mass is 10.1. The molecule has 0 saturated heterocycles. The lowest BCUT2D eigenvalue weighted by molar-refractivity contribution is -0.144. The minimum atomic E-state index is -4.38. The number of halogens is 3. The molecule has 1 aromatic heterocycles. The molecule has 0 saturated carbocycles. The molecular weight excluding hydrogens is 319 g/mol. The fourth-order valence-corrected chi connectivity index (χ4v) is 2.27. The molecular formula is C13H12F3N3O2S. The highest BCUT2D eigenvalue weighted by Gasteiger charge is 2.30. The quantitative estimate of drug-likeness (QED) is 0.674. The Hall–Kier alpha value is -2.03. The van der Waals surface area contributed by atoms with Crippen LogP contribution in [0.4, 0.5) is 13.2 Å². The smallest absolute Gasteiger partial charge is 0.416 e. The number of carbonyl (C=O) groups is 1. The van der Waals surface area contributed by atoms with Crippen LogP contribution in [0.25, 0.3) is 0 Å². The Morgan fingerprint density at radius 1 is 1.36 bits per heavy atom. The van der Waals surface area contributed by atoms with Crippen LogP contribution in [0.5, 0.6) is 0 Å². The van der Waals surface area contributed by atoms with Crippen LogP contribution in [0.1, 0.15) is 18.1 Å². The van der Waals surface area contributed by atoms with Crippen molar-refractivity contribution in [2.45, 2.75) is 30.0 Å². The maximum Gasteiger partial charge on any atom is 0.416 e. The summed E-state index contributed by atoms with van der Waals surface area (Å²) in [6.07, 6.45) is -2.90. The van der Waals surface area contributed by atoms with Crippen molar-refractivity contribution in [2.75, 3.05) is 0 Å². The Morgan fingerprint density at radius 3 is 2.59 bits per heavy atom. The summed E-state index contributed by atoms with van der Waals surface area (Å²) < 4.78 is 42.3. The van der Waals surface area contributed by atoms with Gasteiger partial charge in [0.2, 0.25) is 0 Å². The van der Waals surface area contributed by atoms with Crippen LogP contribution in [-0.4, -0.2) is 26.6 Å². The number of nitrogens with zero attached hydrogens (tertiary/aromatic N) is 2. The molecule has 1 N–H and O–H groups in total. The molecule has 1 atom stereocenters. The van der Waals surface area contributed by atoms with Gasteiger partial charge in [0.05, 0.1) is 11.8 Å². The first-order chi connectivity index (χ1) is 10.4. The van der Waals surface area contributed by atoms with Crippen molar-refractivity contribution < 1.29 is 22.7 Å². The summed E-state index contributed by atoms with van der Waals surface area (Å²) in [5.41, 5.74) is -0.252. The van der Waals surface area contributed by atoms with Crippen LogP contribution in [-0.2, 0) is 22.3 Å². The van der Waals surface area contributed by atoms with Gasteiger partial charge in [-0.25, -0.2) is 0 Å². The normalized spacial score (nSPS) is 12.9. The molecule has 0 amide bonds. The van der Waals surface area contributed by atoms with Crippen molar-refractivity contribution in [3.05, 3.63) is 41.6 Å². The number of ether oxygens (including phenoxy) is 1. The number of hydrogen-bond donors (Lipinski definition) is 1. The van der Waals surface area contributed by atoms with E-state index in [9.17, 15) is 18.0 Å². The Kier molecular flexibility index (Phi) is 5.07. The summed E-state index contributed by atoms with van der Waals surface area (Å²) >= 11 is 1.17. The van der Waals surface area contributed by atoms with Crippen LogP contribution < -0.4 is 0 Å². The fourth-order valence-electron chi connectivity index (χ4n) is 1.54. The van der Waals surface area contributed by atoms with Crippen LogP contribution >= 0.6 is 11.8 Å². The largest absolute Gasteiger partial charge is 0.460 e. The molecule has 1 aromatic carbocycles. The number of H-pyrrole nitrogens is 1. The van der Waals surface area contributed by atoms with E-state index >= 15 is 0 Å². The zero-order chi connectivity index (χ0) is 16.2. The van der Waals surface area contributed by atoms with Gasteiger partial charge in [0.25, 0.3) is 0 Å². The van der Waals surface area contributed by atoms with E-state index in [4.69, 9.17) is 4.74 Å². The van der Waals surface area contributed by atoms with Crippen molar-refractivity contribution in [1.29, 1.82) is 0 Å². The highest BCUT2D eigenvalue weighted by Crippen LogP contribution is 2.29. The molecule has 118 valence electrons. The number of nitrogens with one attached hydrogen (secondary N) is 1. The van der Waals surface area contributed by atoms with Gasteiger partial charge in [-0.1, -0.05) is 23.9 Å². The molecule has 22 heavy (non-hydrogen) atoms. The van der Waals surface area contributed by atoms with Crippen LogP contribution in [0.2, 0.25) is 0 Å². The van der Waals surface area contributed by atoms with E-state index < -0.39 is 23.0 Å². The molecule has 0 bridgehead atoms. The molecule has 5 nitrogen and oxygen atoms in total. The number of aromatic nitrogens is 3. The average Bonchev–Trinajstić information content (AvgIpc) is 2.97. The molecule has 0 aliphatic carbocycles. The molecule has 2 rings (SSSR count). The van der Waals surface area contributed by atoms with E-state index in [1.165, 1.54) is 30.1 Å². The molecule has 0 aliphatic heterocycles. The average molecular weight is 331 g/mol. The van der Waals surface area contributed by atoms with Crippen LogP contribution in [0.15, 0.2) is 35.5 Å². The van der Waals surface area contributed by atoms with Crippen molar-refractivity contribution in [2.24, 2.45) is 0 Å². The Labute approximate surface area is 128 Å². The maximum absolute atomic E-state index is 12.4. The van der Waals surface area contributed by atoms with E-state index in [0.29, 0.717) is 10.6 Å². The second kappa shape index (κ2) is 6.82. The number of esters is 1. The third kappa shape index (κ3) is 4.48. The summed E-state index contributed by atoms with van der Waals surface area (Å²) in [4.78, 5) is 11.8. The van der Waals surface area contributed by atoms with Gasteiger partial charge in [0.1, 0.15) is 16.9 Å². The fraction of sp³-hybridized carbons (Fsp3) is 0.308. The predicted octanol–water partition coefficient (Wildman–Crippen LogP) is 3.05. The third-order valence-corrected chi connectivity index (χ3v) is 3.67. The molecule has 2 aromatic rings. The van der Waals surface area contributed by atoms with Crippen molar-refractivity contribution in [3.8, 4) is 0 Å². The van der Waals surface area contributed by atoms with Gasteiger partial charge in [-0.2, -0.15) is 23.5 Å². The van der Waals surface area contributed by atoms with Gasteiger partial charge in [0, 0.05) is 0 Å². The van der Waals surface area contributed by atoms with Gasteiger partial charge in [0.15, 0.2) is 0 Å². The molecule has 0 radical (unpaired) electrons. The third-order valence-electron chi connectivity index (χ3n) is 2.68. The lowest BCUT2D eigenvalue weighted by Crippen LogP contribution is -2.16. The maximum atomic E-state index is 12.4. The SMILES string of the molecule is CC(Sc1cn[nH]n1)C(=O)OCc1ccc(C(F)(F)F)cc1. The highest BCUT2D eigenvalue weighted by molar-refractivity contribution is 8.00. The Balaban J connectivity index is 1.85. The molecule has 0 fully saturated rings. The van der Waals surface area contributed by atoms with Gasteiger partial charge >= 0.3 is 12.1 Å². The zero-order valence-electron chi connectivity index (χ0n) is 11.4. The minimum Gasteiger partial charge on any atom is -0.460 e. The van der Waals surface area contributed by atoms with Gasteiger partial charge in [-0.05, 0) is 24.6 Å². The Morgan fingerprint density at radius 2 is 2.05 bits per heavy atom. The summed E-state index contributed by atoms with van der Waals surface area (Å²) in [5, 5.41) is 9.90. The number of carbonyl (C=O) groups excluding carboxylic acids is 1. The van der Waals surface area contributed by atoms with Gasteiger partial charge in [-0.3, -0.25) is 4.79 Å². The van der Waals surface area contributed by atoms with E-state index in [-0.39, 0.29) is 6.61 Å². The van der Waals surface area contributed by atoms with E-state index in [1.807, 2.05) is 0 Å². The lowest BCUT2D eigenvalue weighted by Gasteiger charge is -2.11. The van der Waals surface area contributed by atoms with Gasteiger partial charge in [-0.15, -0.1) is 5.10 Å². The topological polar surface area (TPSA) is 67.9 Å². The molecule has 1 unspecified atom stereocenters. The van der Waals surface area contributed by atoms with Crippen molar-refractivity contribution in [3.63, 3.8) is 0 Å². The van der Waals surface area contributed by atoms with E-state index in [1.54, 1.807) is 6.92 Å². The second-order valence-electron chi connectivity index (χ2n) is 4.37. The number of aromatic amines is 1. The second-order valence-corrected chi connectivity index (χ2v) is 5.73. The van der Waals surface area contributed by atoms with E-state index in [0.717, 1.165) is 12.1 Å². The minimum absolute atomic E-state index is 0.0827. The Bertz CT molecular complexity index is 614. The number of hydrogen-bond acceptors (Lipinski definition) is 5.